The first kappa shape index (κ1) is 12.3. The van der Waals surface area contributed by atoms with Crippen LogP contribution in [0.4, 0.5) is 0 Å². The van der Waals surface area contributed by atoms with Crippen LogP contribution in [0.15, 0.2) is 47.8 Å². The summed E-state index contributed by atoms with van der Waals surface area (Å²) in [5, 5.41) is 0.967. The Balaban J connectivity index is 1.90. The summed E-state index contributed by atoms with van der Waals surface area (Å²) in [6.45, 7) is 0. The molecule has 0 bridgehead atoms. The number of imidazole rings is 1. The summed E-state index contributed by atoms with van der Waals surface area (Å²) in [5.74, 6) is 0.249. The van der Waals surface area contributed by atoms with Gasteiger partial charge < -0.3 is 4.98 Å². The fraction of sp³-hybridized carbons (Fsp3) is 0.0769. The molecule has 1 unspecified atom stereocenters. The number of benzene rings is 1. The fourth-order valence-corrected chi connectivity index (χ4v) is 3.06. The predicted octanol–water partition coefficient (Wildman–Crippen LogP) is 2.92. The molecule has 0 aliphatic carbocycles. The molecule has 4 nitrogen and oxygen atoms in total. The van der Waals surface area contributed by atoms with Gasteiger partial charge in [0.1, 0.15) is 0 Å². The number of halogens is 1. The third kappa shape index (κ3) is 2.52. The lowest BCUT2D eigenvalue weighted by molar-refractivity contribution is 0.677. The molecule has 1 aromatic carbocycles. The quantitative estimate of drug-likeness (QED) is 0.807. The molecule has 96 valence electrons. The summed E-state index contributed by atoms with van der Waals surface area (Å²) in [7, 11) is -1.29. The van der Waals surface area contributed by atoms with Crippen LogP contribution in [0.3, 0.4) is 0 Å². The molecule has 2 heterocycles. The van der Waals surface area contributed by atoms with E-state index in [1.807, 2.05) is 24.3 Å². The fourth-order valence-electron chi connectivity index (χ4n) is 1.75. The Bertz CT molecular complexity index is 723. The van der Waals surface area contributed by atoms with E-state index < -0.39 is 10.8 Å². The third-order valence-electron chi connectivity index (χ3n) is 2.69. The van der Waals surface area contributed by atoms with Crippen molar-refractivity contribution >= 4 is 33.4 Å². The second kappa shape index (κ2) is 5.11. The summed E-state index contributed by atoms with van der Waals surface area (Å²) in [5.41, 5.74) is 2.29. The van der Waals surface area contributed by atoms with Crippen LogP contribution in [0.2, 0.25) is 5.02 Å². The van der Waals surface area contributed by atoms with Gasteiger partial charge in [-0.05, 0) is 24.3 Å². The number of fused-ring (bicyclic) bond motifs is 1. The number of nitrogens with zero attached hydrogens (tertiary/aromatic N) is 2. The average molecular weight is 292 g/mol. The largest absolute Gasteiger partial charge is 0.331 e. The van der Waals surface area contributed by atoms with E-state index in [0.29, 0.717) is 15.9 Å². The van der Waals surface area contributed by atoms with E-state index in [0.717, 1.165) is 11.0 Å². The maximum absolute atomic E-state index is 12.3. The molecular weight excluding hydrogens is 282 g/mol. The SMILES string of the molecule is O=S(Cc1ncccc1Cl)c1nc2ccccc2[nH]1. The zero-order valence-corrected chi connectivity index (χ0v) is 11.4. The van der Waals surface area contributed by atoms with Gasteiger partial charge in [0.25, 0.3) is 0 Å². The number of aromatic nitrogens is 3. The first-order valence-electron chi connectivity index (χ1n) is 5.66. The van der Waals surface area contributed by atoms with Crippen molar-refractivity contribution in [1.82, 2.24) is 15.0 Å². The number of para-hydroxylation sites is 2. The molecule has 0 fully saturated rings. The third-order valence-corrected chi connectivity index (χ3v) is 4.19. The van der Waals surface area contributed by atoms with Crippen LogP contribution in [-0.2, 0) is 16.6 Å². The molecule has 3 aromatic rings. The normalized spacial score (nSPS) is 12.7. The predicted molar refractivity (Wildman–Crippen MR) is 75.5 cm³/mol. The molecule has 0 amide bonds. The number of hydrogen-bond acceptors (Lipinski definition) is 3. The highest BCUT2D eigenvalue weighted by Gasteiger charge is 2.12. The first-order valence-corrected chi connectivity index (χ1v) is 7.36. The van der Waals surface area contributed by atoms with Gasteiger partial charge in [-0.3, -0.25) is 9.19 Å². The van der Waals surface area contributed by atoms with Gasteiger partial charge in [0.2, 0.25) is 0 Å². The molecule has 0 aliphatic heterocycles. The molecule has 19 heavy (non-hydrogen) atoms. The molecule has 0 saturated heterocycles. The molecule has 0 saturated carbocycles. The van der Waals surface area contributed by atoms with Gasteiger partial charge in [-0.1, -0.05) is 23.7 Å². The Kier molecular flexibility index (Phi) is 3.31. The number of rotatable bonds is 3. The van der Waals surface area contributed by atoms with Gasteiger partial charge in [-0.2, -0.15) is 0 Å². The number of nitrogens with one attached hydrogen (secondary N) is 1. The first-order chi connectivity index (χ1) is 9.24. The Morgan fingerprint density at radius 3 is 2.84 bits per heavy atom. The lowest BCUT2D eigenvalue weighted by Crippen LogP contribution is -2.01. The van der Waals surface area contributed by atoms with Crippen molar-refractivity contribution in [1.29, 1.82) is 0 Å². The van der Waals surface area contributed by atoms with Crippen LogP contribution < -0.4 is 0 Å². The van der Waals surface area contributed by atoms with Crippen LogP contribution in [0.25, 0.3) is 11.0 Å². The van der Waals surface area contributed by atoms with Gasteiger partial charge in [0.15, 0.2) is 5.16 Å². The zero-order chi connectivity index (χ0) is 13.2. The van der Waals surface area contributed by atoms with Gasteiger partial charge >= 0.3 is 0 Å². The van der Waals surface area contributed by atoms with Crippen LogP contribution in [0, 0.1) is 0 Å². The minimum Gasteiger partial charge on any atom is -0.331 e. The molecule has 3 rings (SSSR count). The van der Waals surface area contributed by atoms with E-state index in [-0.39, 0.29) is 5.75 Å². The van der Waals surface area contributed by atoms with E-state index in [9.17, 15) is 4.21 Å². The van der Waals surface area contributed by atoms with E-state index >= 15 is 0 Å². The summed E-state index contributed by atoms with van der Waals surface area (Å²) in [4.78, 5) is 11.5. The highest BCUT2D eigenvalue weighted by Crippen LogP contribution is 2.18. The van der Waals surface area contributed by atoms with Crippen LogP contribution in [0.1, 0.15) is 5.69 Å². The van der Waals surface area contributed by atoms with Crippen molar-refractivity contribution in [2.75, 3.05) is 0 Å². The van der Waals surface area contributed by atoms with Crippen molar-refractivity contribution in [2.24, 2.45) is 0 Å². The molecule has 1 N–H and O–H groups in total. The Morgan fingerprint density at radius 2 is 2.05 bits per heavy atom. The summed E-state index contributed by atoms with van der Waals surface area (Å²) >= 11 is 6.01. The molecule has 0 aliphatic rings. The van der Waals surface area contributed by atoms with Gasteiger partial charge in [0, 0.05) is 6.20 Å². The number of aromatic amines is 1. The van der Waals surface area contributed by atoms with Gasteiger partial charge in [-0.25, -0.2) is 4.98 Å². The Morgan fingerprint density at radius 1 is 1.21 bits per heavy atom. The Labute approximate surface area is 117 Å². The second-order valence-electron chi connectivity index (χ2n) is 3.98. The molecule has 2 aromatic heterocycles. The van der Waals surface area contributed by atoms with E-state index in [2.05, 4.69) is 15.0 Å². The maximum atomic E-state index is 12.3. The van der Waals surface area contributed by atoms with Crippen molar-refractivity contribution in [3.63, 3.8) is 0 Å². The standard InChI is InChI=1S/C13H10ClN3OS/c14-9-4-3-7-15-12(9)8-19(18)13-16-10-5-1-2-6-11(10)17-13/h1-7H,8H2,(H,16,17). The van der Waals surface area contributed by atoms with Crippen LogP contribution in [0.5, 0.6) is 0 Å². The van der Waals surface area contributed by atoms with E-state index in [1.54, 1.807) is 18.3 Å². The minimum atomic E-state index is -1.29. The smallest absolute Gasteiger partial charge is 0.197 e. The zero-order valence-electron chi connectivity index (χ0n) is 9.84. The summed E-state index contributed by atoms with van der Waals surface area (Å²) < 4.78 is 12.3. The highest BCUT2D eigenvalue weighted by atomic mass is 35.5. The van der Waals surface area contributed by atoms with Gasteiger partial charge in [0.05, 0.1) is 38.3 Å². The average Bonchev–Trinajstić information content (AvgIpc) is 2.85. The van der Waals surface area contributed by atoms with Crippen molar-refractivity contribution in [3.8, 4) is 0 Å². The summed E-state index contributed by atoms with van der Waals surface area (Å²) in [6.07, 6.45) is 1.64. The number of hydrogen-bond donors (Lipinski definition) is 1. The highest BCUT2D eigenvalue weighted by molar-refractivity contribution is 7.84. The topological polar surface area (TPSA) is 58.6 Å². The molecular formula is C13H10ClN3OS. The summed E-state index contributed by atoms with van der Waals surface area (Å²) in [6, 6.07) is 11.1. The van der Waals surface area contributed by atoms with E-state index in [4.69, 9.17) is 11.6 Å². The second-order valence-corrected chi connectivity index (χ2v) is 5.75. The molecule has 6 heteroatoms. The van der Waals surface area contributed by atoms with Crippen LogP contribution in [-0.4, -0.2) is 19.2 Å². The van der Waals surface area contributed by atoms with Crippen molar-refractivity contribution in [2.45, 2.75) is 10.9 Å². The monoisotopic (exact) mass is 291 g/mol. The minimum absolute atomic E-state index is 0.249. The molecule has 1 atom stereocenters. The van der Waals surface area contributed by atoms with E-state index in [1.165, 1.54) is 0 Å². The molecule has 0 spiro atoms. The lowest BCUT2D eigenvalue weighted by atomic mass is 10.3. The Hall–Kier alpha value is -1.72. The molecule has 0 radical (unpaired) electrons. The van der Waals surface area contributed by atoms with Crippen LogP contribution >= 0.6 is 11.6 Å². The van der Waals surface area contributed by atoms with Crippen molar-refractivity contribution < 1.29 is 4.21 Å². The number of H-pyrrole nitrogens is 1. The number of pyridine rings is 1. The van der Waals surface area contributed by atoms with Gasteiger partial charge in [-0.15, -0.1) is 0 Å². The maximum Gasteiger partial charge on any atom is 0.197 e. The lowest BCUT2D eigenvalue weighted by Gasteiger charge is -2.00. The van der Waals surface area contributed by atoms with Crippen molar-refractivity contribution in [3.05, 3.63) is 53.3 Å².